The summed E-state index contributed by atoms with van der Waals surface area (Å²) < 4.78 is 5.13. The van der Waals surface area contributed by atoms with Crippen LogP contribution in [0.25, 0.3) is 0 Å². The molecule has 118 valence electrons. The highest BCUT2D eigenvalue weighted by atomic mass is 35.5. The molecule has 1 amide bonds. The molecule has 2 aliphatic rings. The average Bonchev–Trinajstić information content (AvgIpc) is 3.08. The molecule has 5 nitrogen and oxygen atoms in total. The van der Waals surface area contributed by atoms with Crippen molar-refractivity contribution < 1.29 is 9.32 Å². The molecule has 0 aliphatic heterocycles. The molecule has 21 heavy (non-hydrogen) atoms. The lowest BCUT2D eigenvalue weighted by atomic mass is 9.84. The Hall–Kier alpha value is -1.07. The number of hydrogen-bond donors (Lipinski definition) is 2. The van der Waals surface area contributed by atoms with Crippen LogP contribution in [0.15, 0.2) is 4.52 Å². The highest BCUT2D eigenvalue weighted by molar-refractivity contribution is 5.85. The van der Waals surface area contributed by atoms with Gasteiger partial charge in [0.25, 0.3) is 0 Å². The monoisotopic (exact) mass is 313 g/mol. The van der Waals surface area contributed by atoms with Crippen molar-refractivity contribution in [1.29, 1.82) is 0 Å². The van der Waals surface area contributed by atoms with Gasteiger partial charge < -0.3 is 15.6 Å². The summed E-state index contributed by atoms with van der Waals surface area (Å²) in [7, 11) is 0. The van der Waals surface area contributed by atoms with Crippen molar-refractivity contribution in [2.45, 2.75) is 45.6 Å². The molecule has 0 aromatic carbocycles. The zero-order valence-electron chi connectivity index (χ0n) is 12.6. The molecule has 1 heterocycles. The summed E-state index contributed by atoms with van der Waals surface area (Å²) in [6, 6.07) is 0.0628. The lowest BCUT2D eigenvalue weighted by Gasteiger charge is -2.27. The van der Waals surface area contributed by atoms with Gasteiger partial charge in [0.05, 0.1) is 11.6 Å². The number of amides is 1. The van der Waals surface area contributed by atoms with Gasteiger partial charge in [-0.15, -0.1) is 12.4 Å². The molecule has 6 heteroatoms. The topological polar surface area (TPSA) is 81.2 Å². The third-order valence-electron chi connectivity index (χ3n) is 5.14. The number of nitrogens with zero attached hydrogens (tertiary/aromatic N) is 1. The van der Waals surface area contributed by atoms with Crippen molar-refractivity contribution in [3.05, 3.63) is 17.0 Å². The number of nitrogens with one attached hydrogen (secondary N) is 1. The molecule has 2 aliphatic carbocycles. The maximum Gasteiger partial charge on any atom is 0.224 e. The Kier molecular flexibility index (Phi) is 4.94. The number of aromatic nitrogens is 1. The molecule has 3 rings (SSSR count). The molecule has 4 atom stereocenters. The van der Waals surface area contributed by atoms with Gasteiger partial charge >= 0.3 is 0 Å². The van der Waals surface area contributed by atoms with Gasteiger partial charge in [-0.2, -0.15) is 0 Å². The summed E-state index contributed by atoms with van der Waals surface area (Å²) >= 11 is 0. The van der Waals surface area contributed by atoms with E-state index in [1.807, 2.05) is 13.8 Å². The first-order valence-corrected chi connectivity index (χ1v) is 7.53. The third kappa shape index (κ3) is 2.94. The number of carbonyl (C=O) groups excluding carboxylic acids is 1. The number of rotatable bonds is 4. The van der Waals surface area contributed by atoms with Crippen LogP contribution in [0.1, 0.15) is 36.3 Å². The van der Waals surface area contributed by atoms with Crippen molar-refractivity contribution in [3.8, 4) is 0 Å². The summed E-state index contributed by atoms with van der Waals surface area (Å²) in [6.07, 6.45) is 4.28. The van der Waals surface area contributed by atoms with Gasteiger partial charge in [0.1, 0.15) is 5.76 Å². The first kappa shape index (κ1) is 16.3. The van der Waals surface area contributed by atoms with E-state index < -0.39 is 0 Å². The Morgan fingerprint density at radius 3 is 2.67 bits per heavy atom. The van der Waals surface area contributed by atoms with Crippen LogP contribution < -0.4 is 11.1 Å². The van der Waals surface area contributed by atoms with Crippen LogP contribution in [0.5, 0.6) is 0 Å². The van der Waals surface area contributed by atoms with E-state index in [9.17, 15) is 4.79 Å². The predicted molar refractivity (Wildman–Crippen MR) is 82.2 cm³/mol. The van der Waals surface area contributed by atoms with E-state index in [4.69, 9.17) is 10.3 Å². The van der Waals surface area contributed by atoms with Crippen LogP contribution in [-0.4, -0.2) is 23.7 Å². The van der Waals surface area contributed by atoms with E-state index in [0.717, 1.165) is 29.9 Å². The minimum atomic E-state index is 0. The fourth-order valence-electron chi connectivity index (χ4n) is 4.01. The molecule has 4 unspecified atom stereocenters. The van der Waals surface area contributed by atoms with Crippen LogP contribution in [0.2, 0.25) is 0 Å². The van der Waals surface area contributed by atoms with Gasteiger partial charge in [-0.1, -0.05) is 5.16 Å². The summed E-state index contributed by atoms with van der Waals surface area (Å²) in [5, 5.41) is 6.97. The number of carbonyl (C=O) groups is 1. The van der Waals surface area contributed by atoms with E-state index in [1.165, 1.54) is 12.8 Å². The van der Waals surface area contributed by atoms with Gasteiger partial charge in [-0.3, -0.25) is 4.79 Å². The maximum absolute atomic E-state index is 12.3. The smallest absolute Gasteiger partial charge is 0.224 e. The Morgan fingerprint density at radius 2 is 2.10 bits per heavy atom. The minimum absolute atomic E-state index is 0. The summed E-state index contributed by atoms with van der Waals surface area (Å²) in [6.45, 7) is 4.46. The Labute approximate surface area is 131 Å². The van der Waals surface area contributed by atoms with E-state index >= 15 is 0 Å². The SMILES string of the molecule is Cc1noc(C)c1CCNC(=O)C1C2CCC(C2)C1N.Cl. The number of nitrogens with two attached hydrogens (primary N) is 1. The van der Waals surface area contributed by atoms with Gasteiger partial charge in [0.15, 0.2) is 0 Å². The van der Waals surface area contributed by atoms with Crippen LogP contribution >= 0.6 is 12.4 Å². The zero-order valence-corrected chi connectivity index (χ0v) is 13.4. The predicted octanol–water partition coefficient (Wildman–Crippen LogP) is 1.75. The molecule has 0 saturated heterocycles. The second kappa shape index (κ2) is 6.36. The first-order valence-electron chi connectivity index (χ1n) is 7.53. The van der Waals surface area contributed by atoms with Gasteiger partial charge in [0, 0.05) is 18.2 Å². The van der Waals surface area contributed by atoms with Gasteiger partial charge in [0.2, 0.25) is 5.91 Å². The Morgan fingerprint density at radius 1 is 1.38 bits per heavy atom. The Bertz CT molecular complexity index is 496. The fourth-order valence-corrected chi connectivity index (χ4v) is 4.01. The molecular formula is C15H24ClN3O2. The highest BCUT2D eigenvalue weighted by Gasteiger charge is 2.48. The molecule has 2 fully saturated rings. The molecule has 2 bridgehead atoms. The zero-order chi connectivity index (χ0) is 14.3. The first-order chi connectivity index (χ1) is 9.58. The molecule has 0 spiro atoms. The molecule has 0 radical (unpaired) electrons. The maximum atomic E-state index is 12.3. The second-order valence-corrected chi connectivity index (χ2v) is 6.28. The van der Waals surface area contributed by atoms with Crippen molar-refractivity contribution in [3.63, 3.8) is 0 Å². The van der Waals surface area contributed by atoms with Crippen LogP contribution in [-0.2, 0) is 11.2 Å². The van der Waals surface area contributed by atoms with Crippen LogP contribution in [0.4, 0.5) is 0 Å². The van der Waals surface area contributed by atoms with Crippen LogP contribution in [0, 0.1) is 31.6 Å². The van der Waals surface area contributed by atoms with E-state index in [1.54, 1.807) is 0 Å². The normalized spacial score (nSPS) is 30.2. The lowest BCUT2D eigenvalue weighted by Crippen LogP contribution is -2.45. The lowest BCUT2D eigenvalue weighted by molar-refractivity contribution is -0.127. The van der Waals surface area contributed by atoms with Gasteiger partial charge in [-0.25, -0.2) is 0 Å². The number of fused-ring (bicyclic) bond motifs is 2. The third-order valence-corrected chi connectivity index (χ3v) is 5.14. The molecule has 2 saturated carbocycles. The largest absolute Gasteiger partial charge is 0.361 e. The van der Waals surface area contributed by atoms with E-state index in [0.29, 0.717) is 18.4 Å². The molecule has 1 aromatic heterocycles. The quantitative estimate of drug-likeness (QED) is 0.887. The highest BCUT2D eigenvalue weighted by Crippen LogP contribution is 2.47. The van der Waals surface area contributed by atoms with Crippen molar-refractivity contribution in [2.75, 3.05) is 6.54 Å². The second-order valence-electron chi connectivity index (χ2n) is 6.28. The van der Waals surface area contributed by atoms with E-state index in [2.05, 4.69) is 10.5 Å². The fraction of sp³-hybridized carbons (Fsp3) is 0.733. The van der Waals surface area contributed by atoms with Gasteiger partial charge in [-0.05, 0) is 51.4 Å². The van der Waals surface area contributed by atoms with E-state index in [-0.39, 0.29) is 30.3 Å². The standard InChI is InChI=1S/C15H23N3O2.ClH/c1-8-12(9(2)20-18-8)5-6-17-15(19)13-10-3-4-11(7-10)14(13)16;/h10-11,13-14H,3-7,16H2,1-2H3,(H,17,19);1H. The van der Waals surface area contributed by atoms with Crippen LogP contribution in [0.3, 0.4) is 0 Å². The van der Waals surface area contributed by atoms with Crippen molar-refractivity contribution in [1.82, 2.24) is 10.5 Å². The minimum Gasteiger partial charge on any atom is -0.361 e. The summed E-state index contributed by atoms with van der Waals surface area (Å²) in [5.74, 6) is 2.08. The number of halogens is 1. The average molecular weight is 314 g/mol. The number of hydrogen-bond acceptors (Lipinski definition) is 4. The Balaban J connectivity index is 0.00000161. The van der Waals surface area contributed by atoms with Crippen molar-refractivity contribution in [2.24, 2.45) is 23.5 Å². The number of aryl methyl sites for hydroxylation is 2. The van der Waals surface area contributed by atoms with Crippen molar-refractivity contribution >= 4 is 18.3 Å². The molecular weight excluding hydrogens is 290 g/mol. The summed E-state index contributed by atoms with van der Waals surface area (Å²) in [4.78, 5) is 12.3. The summed E-state index contributed by atoms with van der Waals surface area (Å²) in [5.41, 5.74) is 8.20. The molecule has 3 N–H and O–H groups in total. The molecule has 1 aromatic rings.